The van der Waals surface area contributed by atoms with Crippen molar-refractivity contribution in [1.29, 1.82) is 0 Å². The fourth-order valence-corrected chi connectivity index (χ4v) is 1.44. The van der Waals surface area contributed by atoms with Gasteiger partial charge in [-0.3, -0.25) is 0 Å². The number of benzene rings is 1. The highest BCUT2D eigenvalue weighted by Crippen LogP contribution is 2.14. The highest BCUT2D eigenvalue weighted by atomic mass is 35.5. The van der Waals surface area contributed by atoms with Crippen LogP contribution in [0.2, 0.25) is 5.02 Å². The SMILES string of the molecule is Nc1ccc(CNc2ccc(Cl)cc2)cn1. The number of aromatic nitrogens is 1. The summed E-state index contributed by atoms with van der Waals surface area (Å²) in [6.45, 7) is 0.717. The van der Waals surface area contributed by atoms with Gasteiger partial charge in [-0.15, -0.1) is 0 Å². The first-order valence-electron chi connectivity index (χ1n) is 4.94. The number of nitrogens with zero attached hydrogens (tertiary/aromatic N) is 1. The molecule has 0 radical (unpaired) electrons. The molecule has 0 aliphatic rings. The molecule has 0 atom stereocenters. The number of hydrogen-bond acceptors (Lipinski definition) is 3. The number of rotatable bonds is 3. The van der Waals surface area contributed by atoms with E-state index in [1.54, 1.807) is 12.3 Å². The molecule has 0 amide bonds. The van der Waals surface area contributed by atoms with Crippen LogP contribution in [0.25, 0.3) is 0 Å². The van der Waals surface area contributed by atoms with Crippen LogP contribution in [-0.2, 0) is 6.54 Å². The molecule has 0 bridgehead atoms. The molecule has 0 saturated carbocycles. The second-order valence-electron chi connectivity index (χ2n) is 3.45. The van der Waals surface area contributed by atoms with Crippen molar-refractivity contribution in [1.82, 2.24) is 4.98 Å². The van der Waals surface area contributed by atoms with Crippen LogP contribution in [0.1, 0.15) is 5.56 Å². The van der Waals surface area contributed by atoms with Crippen LogP contribution >= 0.6 is 11.6 Å². The normalized spacial score (nSPS) is 10.1. The molecule has 82 valence electrons. The van der Waals surface area contributed by atoms with E-state index in [2.05, 4.69) is 10.3 Å². The lowest BCUT2D eigenvalue weighted by Gasteiger charge is -2.06. The first kappa shape index (κ1) is 10.8. The molecule has 1 heterocycles. The Morgan fingerprint density at radius 1 is 1.12 bits per heavy atom. The van der Waals surface area contributed by atoms with Crippen LogP contribution in [-0.4, -0.2) is 4.98 Å². The Bertz CT molecular complexity index is 405. The highest BCUT2D eigenvalue weighted by molar-refractivity contribution is 6.30. The van der Waals surface area contributed by atoms with Crippen molar-refractivity contribution in [2.24, 2.45) is 0 Å². The smallest absolute Gasteiger partial charge is 0.123 e. The number of nitrogens with two attached hydrogens (primary N) is 1. The Hall–Kier alpha value is -1.74. The van der Waals surface area contributed by atoms with E-state index in [1.807, 2.05) is 30.3 Å². The molecular formula is C12H12ClN3. The third-order valence-corrected chi connectivity index (χ3v) is 2.44. The maximum absolute atomic E-state index is 5.79. The van der Waals surface area contributed by atoms with E-state index in [-0.39, 0.29) is 0 Å². The van der Waals surface area contributed by atoms with Crippen LogP contribution in [0.3, 0.4) is 0 Å². The molecule has 0 aliphatic carbocycles. The summed E-state index contributed by atoms with van der Waals surface area (Å²) in [6, 6.07) is 11.3. The molecule has 0 unspecified atom stereocenters. The summed E-state index contributed by atoms with van der Waals surface area (Å²) in [5.74, 6) is 0.537. The quantitative estimate of drug-likeness (QED) is 0.857. The summed E-state index contributed by atoms with van der Waals surface area (Å²) in [4.78, 5) is 4.02. The van der Waals surface area contributed by atoms with E-state index in [9.17, 15) is 0 Å². The molecular weight excluding hydrogens is 222 g/mol. The van der Waals surface area contributed by atoms with Crippen molar-refractivity contribution in [3.05, 3.63) is 53.2 Å². The van der Waals surface area contributed by atoms with Crippen LogP contribution in [0.15, 0.2) is 42.6 Å². The molecule has 0 saturated heterocycles. The Morgan fingerprint density at radius 3 is 2.50 bits per heavy atom. The lowest BCUT2D eigenvalue weighted by Crippen LogP contribution is -2.00. The van der Waals surface area contributed by atoms with Gasteiger partial charge in [0.25, 0.3) is 0 Å². The number of halogens is 1. The topological polar surface area (TPSA) is 50.9 Å². The average molecular weight is 234 g/mol. The standard InChI is InChI=1S/C12H12ClN3/c13-10-2-4-11(5-3-10)15-7-9-1-6-12(14)16-8-9/h1-6,8,15H,7H2,(H2,14,16). The van der Waals surface area contributed by atoms with Gasteiger partial charge in [-0.05, 0) is 35.9 Å². The molecule has 3 N–H and O–H groups in total. The minimum Gasteiger partial charge on any atom is -0.384 e. The van der Waals surface area contributed by atoms with Gasteiger partial charge in [0.1, 0.15) is 5.82 Å². The minimum absolute atomic E-state index is 0.537. The van der Waals surface area contributed by atoms with E-state index in [0.717, 1.165) is 22.8 Å². The predicted molar refractivity (Wildman–Crippen MR) is 67.4 cm³/mol. The van der Waals surface area contributed by atoms with E-state index >= 15 is 0 Å². The monoisotopic (exact) mass is 233 g/mol. The zero-order valence-corrected chi connectivity index (χ0v) is 9.41. The van der Waals surface area contributed by atoms with Gasteiger partial charge in [0.15, 0.2) is 0 Å². The van der Waals surface area contributed by atoms with Gasteiger partial charge in [0.05, 0.1) is 0 Å². The van der Waals surface area contributed by atoms with E-state index in [0.29, 0.717) is 5.82 Å². The lowest BCUT2D eigenvalue weighted by molar-refractivity contribution is 1.12. The summed E-state index contributed by atoms with van der Waals surface area (Å²) in [5.41, 5.74) is 7.62. The molecule has 0 fully saturated rings. The zero-order valence-electron chi connectivity index (χ0n) is 8.65. The second-order valence-corrected chi connectivity index (χ2v) is 3.89. The zero-order chi connectivity index (χ0) is 11.4. The molecule has 1 aromatic carbocycles. The van der Waals surface area contributed by atoms with Crippen LogP contribution in [0.4, 0.5) is 11.5 Å². The molecule has 2 rings (SSSR count). The number of anilines is 2. The fourth-order valence-electron chi connectivity index (χ4n) is 1.31. The maximum Gasteiger partial charge on any atom is 0.123 e. The largest absolute Gasteiger partial charge is 0.384 e. The second kappa shape index (κ2) is 4.86. The molecule has 4 heteroatoms. The van der Waals surface area contributed by atoms with Crippen molar-refractivity contribution in [2.45, 2.75) is 6.54 Å². The lowest BCUT2D eigenvalue weighted by atomic mass is 10.2. The van der Waals surface area contributed by atoms with Gasteiger partial charge >= 0.3 is 0 Å². The third-order valence-electron chi connectivity index (χ3n) is 2.19. The number of nitrogens with one attached hydrogen (secondary N) is 1. The summed E-state index contributed by atoms with van der Waals surface area (Å²) in [7, 11) is 0. The number of hydrogen-bond donors (Lipinski definition) is 2. The van der Waals surface area contributed by atoms with Crippen LogP contribution < -0.4 is 11.1 Å². The van der Waals surface area contributed by atoms with Gasteiger partial charge in [-0.2, -0.15) is 0 Å². The number of nitrogen functional groups attached to an aromatic ring is 1. The first-order chi connectivity index (χ1) is 7.74. The fraction of sp³-hybridized carbons (Fsp3) is 0.0833. The molecule has 0 spiro atoms. The van der Waals surface area contributed by atoms with Gasteiger partial charge in [0, 0.05) is 23.5 Å². The molecule has 1 aromatic heterocycles. The molecule has 3 nitrogen and oxygen atoms in total. The van der Waals surface area contributed by atoms with Crippen molar-refractivity contribution in [3.8, 4) is 0 Å². The molecule has 0 aliphatic heterocycles. The van der Waals surface area contributed by atoms with Gasteiger partial charge in [0.2, 0.25) is 0 Å². The van der Waals surface area contributed by atoms with Crippen molar-refractivity contribution in [3.63, 3.8) is 0 Å². The Labute approximate surface area is 99.3 Å². The van der Waals surface area contributed by atoms with Crippen molar-refractivity contribution < 1.29 is 0 Å². The van der Waals surface area contributed by atoms with Gasteiger partial charge in [-0.1, -0.05) is 17.7 Å². The summed E-state index contributed by atoms with van der Waals surface area (Å²) < 4.78 is 0. The third kappa shape index (κ3) is 2.87. The Kier molecular flexibility index (Phi) is 3.27. The van der Waals surface area contributed by atoms with E-state index in [1.165, 1.54) is 0 Å². The molecule has 2 aromatic rings. The summed E-state index contributed by atoms with van der Waals surface area (Å²) in [6.07, 6.45) is 1.76. The Morgan fingerprint density at radius 2 is 1.88 bits per heavy atom. The van der Waals surface area contributed by atoms with Gasteiger partial charge in [-0.25, -0.2) is 4.98 Å². The van der Waals surface area contributed by atoms with Crippen molar-refractivity contribution in [2.75, 3.05) is 11.1 Å². The van der Waals surface area contributed by atoms with E-state index < -0.39 is 0 Å². The Balaban J connectivity index is 1.97. The van der Waals surface area contributed by atoms with Gasteiger partial charge < -0.3 is 11.1 Å². The van der Waals surface area contributed by atoms with Crippen molar-refractivity contribution >= 4 is 23.1 Å². The molecule has 16 heavy (non-hydrogen) atoms. The summed E-state index contributed by atoms with van der Waals surface area (Å²) >= 11 is 5.79. The maximum atomic E-state index is 5.79. The number of pyridine rings is 1. The van der Waals surface area contributed by atoms with E-state index in [4.69, 9.17) is 17.3 Å². The predicted octanol–water partition coefficient (Wildman–Crippen LogP) is 2.93. The first-order valence-corrected chi connectivity index (χ1v) is 5.32. The van der Waals surface area contributed by atoms with Crippen LogP contribution in [0, 0.1) is 0 Å². The average Bonchev–Trinajstić information content (AvgIpc) is 2.30. The summed E-state index contributed by atoms with van der Waals surface area (Å²) in [5, 5.41) is 4.00. The minimum atomic E-state index is 0.537. The highest BCUT2D eigenvalue weighted by Gasteiger charge is 1.95. The van der Waals surface area contributed by atoms with Crippen LogP contribution in [0.5, 0.6) is 0 Å².